The summed E-state index contributed by atoms with van der Waals surface area (Å²) in [5, 5.41) is 19.6. The van der Waals surface area contributed by atoms with Gasteiger partial charge in [-0.25, -0.2) is 0 Å². The van der Waals surface area contributed by atoms with Crippen LogP contribution in [0.3, 0.4) is 0 Å². The van der Waals surface area contributed by atoms with E-state index in [1.54, 1.807) is 0 Å². The van der Waals surface area contributed by atoms with Crippen molar-refractivity contribution >= 4 is 5.69 Å². The number of non-ortho nitro benzene ring substituents is 1. The van der Waals surface area contributed by atoms with Crippen molar-refractivity contribution in [2.24, 2.45) is 0 Å². The van der Waals surface area contributed by atoms with Crippen molar-refractivity contribution in [3.05, 3.63) is 34.4 Å². The van der Waals surface area contributed by atoms with Crippen LogP contribution < -0.4 is 0 Å². The van der Waals surface area contributed by atoms with E-state index in [9.17, 15) is 23.3 Å². The second-order valence-electron chi connectivity index (χ2n) is 3.17. The number of aromatic nitrogens is 4. The van der Waals surface area contributed by atoms with E-state index < -0.39 is 16.0 Å². The minimum Gasteiger partial charge on any atom is -0.258 e. The van der Waals surface area contributed by atoms with Gasteiger partial charge in [-0.15, -0.1) is 23.4 Å². The van der Waals surface area contributed by atoms with Gasteiger partial charge in [0.1, 0.15) is 0 Å². The van der Waals surface area contributed by atoms with E-state index in [2.05, 4.69) is 15.4 Å². The third kappa shape index (κ3) is 2.26. The minimum atomic E-state index is -4.74. The number of halogens is 3. The van der Waals surface area contributed by atoms with E-state index in [1.165, 1.54) is 12.1 Å². The number of tetrazole rings is 1. The van der Waals surface area contributed by atoms with Gasteiger partial charge < -0.3 is 0 Å². The number of hydrogen-bond donors (Lipinski definition) is 0. The lowest BCUT2D eigenvalue weighted by Gasteiger charge is -2.00. The highest BCUT2D eigenvalue weighted by Crippen LogP contribution is 2.22. The number of nitro benzene ring substituents is 1. The summed E-state index contributed by atoms with van der Waals surface area (Å²) >= 11 is 0. The highest BCUT2D eigenvalue weighted by atomic mass is 19.4. The first kappa shape index (κ1) is 12.0. The van der Waals surface area contributed by atoms with E-state index >= 15 is 0 Å². The molecular weight excluding hydrogens is 255 g/mol. The summed E-state index contributed by atoms with van der Waals surface area (Å²) in [5.41, 5.74) is 0.0260. The van der Waals surface area contributed by atoms with Crippen LogP contribution in [0.25, 0.3) is 11.4 Å². The molecule has 94 valence electrons. The molecule has 0 atom stereocenters. The average molecular weight is 259 g/mol. The number of rotatable bonds is 2. The summed E-state index contributed by atoms with van der Waals surface area (Å²) in [6.07, 6.45) is -4.74. The van der Waals surface area contributed by atoms with Crippen LogP contribution in [0.5, 0.6) is 0 Å². The second kappa shape index (κ2) is 4.05. The Labute approximate surface area is 97.0 Å². The molecule has 1 heterocycles. The van der Waals surface area contributed by atoms with E-state index in [1.807, 2.05) is 0 Å². The molecule has 0 unspecified atom stereocenters. The molecule has 0 spiro atoms. The largest absolute Gasteiger partial charge is 0.522 e. The first-order valence-corrected chi connectivity index (χ1v) is 4.50. The standard InChI is InChI=1S/C8H4F3N5O2/c9-8(10,11)16-13-7(12-14-16)5-1-3-6(4-2-5)15(17)18/h1-4H. The number of benzene rings is 1. The van der Waals surface area contributed by atoms with Crippen molar-refractivity contribution in [2.75, 3.05) is 0 Å². The zero-order chi connectivity index (χ0) is 13.3. The van der Waals surface area contributed by atoms with Crippen LogP contribution in [-0.2, 0) is 6.30 Å². The van der Waals surface area contributed by atoms with Crippen LogP contribution in [-0.4, -0.2) is 25.1 Å². The van der Waals surface area contributed by atoms with Crippen molar-refractivity contribution < 1.29 is 18.1 Å². The molecule has 0 fully saturated rings. The third-order valence-electron chi connectivity index (χ3n) is 1.98. The zero-order valence-electron chi connectivity index (χ0n) is 8.50. The first-order chi connectivity index (χ1) is 8.38. The molecule has 0 N–H and O–H groups in total. The molecule has 0 aliphatic heterocycles. The SMILES string of the molecule is O=[N+]([O-])c1ccc(-c2nnn(C(F)(F)F)n2)cc1. The Hall–Kier alpha value is -2.52. The van der Waals surface area contributed by atoms with E-state index in [-0.39, 0.29) is 17.1 Å². The van der Waals surface area contributed by atoms with E-state index in [4.69, 9.17) is 0 Å². The molecule has 2 aromatic rings. The Balaban J connectivity index is 2.32. The maximum Gasteiger partial charge on any atom is 0.522 e. The summed E-state index contributed by atoms with van der Waals surface area (Å²) in [6.45, 7) is 0. The van der Waals surface area contributed by atoms with Crippen molar-refractivity contribution in [1.29, 1.82) is 0 Å². The molecule has 0 aliphatic rings. The van der Waals surface area contributed by atoms with Crippen LogP contribution in [0.4, 0.5) is 18.9 Å². The number of nitro groups is 1. The van der Waals surface area contributed by atoms with Crippen molar-refractivity contribution in [3.8, 4) is 11.4 Å². The molecule has 2 rings (SSSR count). The topological polar surface area (TPSA) is 86.7 Å². The summed E-state index contributed by atoms with van der Waals surface area (Å²) in [5.74, 6) is -0.262. The van der Waals surface area contributed by atoms with Gasteiger partial charge in [-0.3, -0.25) is 10.1 Å². The van der Waals surface area contributed by atoms with Crippen LogP contribution in [0, 0.1) is 10.1 Å². The van der Waals surface area contributed by atoms with Gasteiger partial charge in [0.05, 0.1) is 4.92 Å². The van der Waals surface area contributed by atoms with Crippen molar-refractivity contribution in [2.45, 2.75) is 6.30 Å². The molecule has 0 bridgehead atoms. The van der Waals surface area contributed by atoms with E-state index in [0.717, 1.165) is 12.1 Å². The monoisotopic (exact) mass is 259 g/mol. The number of nitrogens with zero attached hydrogens (tertiary/aromatic N) is 5. The van der Waals surface area contributed by atoms with Gasteiger partial charge in [0.25, 0.3) is 5.69 Å². The Bertz CT molecular complexity index is 577. The second-order valence-corrected chi connectivity index (χ2v) is 3.17. The lowest BCUT2D eigenvalue weighted by molar-refractivity contribution is -0.384. The third-order valence-corrected chi connectivity index (χ3v) is 1.98. The fourth-order valence-electron chi connectivity index (χ4n) is 1.17. The highest BCUT2D eigenvalue weighted by molar-refractivity contribution is 5.56. The number of hydrogen-bond acceptors (Lipinski definition) is 5. The van der Waals surface area contributed by atoms with Gasteiger partial charge in [-0.2, -0.15) is 0 Å². The average Bonchev–Trinajstić information content (AvgIpc) is 2.78. The summed E-state index contributed by atoms with van der Waals surface area (Å²) in [7, 11) is 0. The molecule has 18 heavy (non-hydrogen) atoms. The molecule has 1 aromatic heterocycles. The van der Waals surface area contributed by atoms with Crippen molar-refractivity contribution in [3.63, 3.8) is 0 Å². The summed E-state index contributed by atoms with van der Waals surface area (Å²) < 4.78 is 36.6. The summed E-state index contributed by atoms with van der Waals surface area (Å²) in [4.78, 5) is 9.29. The molecule has 0 aliphatic carbocycles. The van der Waals surface area contributed by atoms with Gasteiger partial charge in [-0.1, -0.05) is 4.80 Å². The fraction of sp³-hybridized carbons (Fsp3) is 0.125. The van der Waals surface area contributed by atoms with Crippen LogP contribution >= 0.6 is 0 Å². The molecule has 0 saturated heterocycles. The highest BCUT2D eigenvalue weighted by Gasteiger charge is 2.34. The van der Waals surface area contributed by atoms with Gasteiger partial charge in [0.15, 0.2) is 0 Å². The van der Waals surface area contributed by atoms with Crippen molar-refractivity contribution in [1.82, 2.24) is 20.2 Å². The number of alkyl halides is 3. The van der Waals surface area contributed by atoms with Gasteiger partial charge in [0.2, 0.25) is 5.82 Å². The smallest absolute Gasteiger partial charge is 0.258 e. The zero-order valence-corrected chi connectivity index (χ0v) is 8.50. The molecule has 0 radical (unpaired) electrons. The Kier molecular flexibility index (Phi) is 2.69. The van der Waals surface area contributed by atoms with Crippen LogP contribution in [0.2, 0.25) is 0 Å². The normalized spacial score (nSPS) is 11.5. The maximum absolute atomic E-state index is 12.2. The molecule has 0 saturated carbocycles. The molecule has 10 heteroatoms. The van der Waals surface area contributed by atoms with Gasteiger partial charge in [-0.05, 0) is 17.3 Å². The predicted molar refractivity (Wildman–Crippen MR) is 51.2 cm³/mol. The molecule has 1 aromatic carbocycles. The predicted octanol–water partition coefficient (Wildman–Crippen LogP) is 1.72. The van der Waals surface area contributed by atoms with E-state index in [0.29, 0.717) is 0 Å². The lowest BCUT2D eigenvalue weighted by atomic mass is 10.2. The van der Waals surface area contributed by atoms with Crippen LogP contribution in [0.15, 0.2) is 24.3 Å². The molecule has 0 amide bonds. The van der Waals surface area contributed by atoms with Gasteiger partial charge in [0, 0.05) is 17.7 Å². The Morgan fingerprint density at radius 1 is 1.22 bits per heavy atom. The summed E-state index contributed by atoms with van der Waals surface area (Å²) in [6, 6.07) is 4.78. The first-order valence-electron chi connectivity index (χ1n) is 4.50. The maximum atomic E-state index is 12.2. The minimum absolute atomic E-state index is 0.179. The quantitative estimate of drug-likeness (QED) is 0.605. The fourth-order valence-corrected chi connectivity index (χ4v) is 1.17. The molecular formula is C8H4F3N5O2. The molecule has 7 nitrogen and oxygen atoms in total. The Morgan fingerprint density at radius 3 is 2.28 bits per heavy atom. The van der Waals surface area contributed by atoms with Gasteiger partial charge >= 0.3 is 6.30 Å². The Morgan fingerprint density at radius 2 is 1.83 bits per heavy atom. The van der Waals surface area contributed by atoms with Crippen LogP contribution in [0.1, 0.15) is 0 Å². The lowest BCUT2D eigenvalue weighted by Crippen LogP contribution is -2.19.